The second kappa shape index (κ2) is 8.60. The molecule has 1 amide bonds. The summed E-state index contributed by atoms with van der Waals surface area (Å²) in [5, 5.41) is 5.57. The fourth-order valence-corrected chi connectivity index (χ4v) is 3.05. The summed E-state index contributed by atoms with van der Waals surface area (Å²) in [6.45, 7) is -0.521. The van der Waals surface area contributed by atoms with Crippen LogP contribution in [0.3, 0.4) is 0 Å². The summed E-state index contributed by atoms with van der Waals surface area (Å²) < 4.78 is 29.4. The smallest absolute Gasteiger partial charge is 0.331 e. The van der Waals surface area contributed by atoms with Gasteiger partial charge in [-0.2, -0.15) is 5.10 Å². The van der Waals surface area contributed by atoms with E-state index in [1.54, 1.807) is 36.4 Å². The van der Waals surface area contributed by atoms with E-state index >= 15 is 0 Å². The first-order valence-corrected chi connectivity index (χ1v) is 9.18. The number of halogens is 1. The number of carbonyl (C=O) groups excluding carboxylic acids is 2. The van der Waals surface area contributed by atoms with Crippen LogP contribution in [0.5, 0.6) is 0 Å². The Labute approximate surface area is 171 Å². The normalized spacial score (nSPS) is 16.1. The van der Waals surface area contributed by atoms with Gasteiger partial charge in [0.15, 0.2) is 6.61 Å². The van der Waals surface area contributed by atoms with E-state index in [4.69, 9.17) is 13.6 Å². The van der Waals surface area contributed by atoms with Crippen molar-refractivity contribution in [2.45, 2.75) is 12.5 Å². The van der Waals surface area contributed by atoms with Crippen molar-refractivity contribution in [1.82, 2.24) is 5.01 Å². The summed E-state index contributed by atoms with van der Waals surface area (Å²) in [6, 6.07) is 12.5. The molecular formula is C22H17FN2O5. The van der Waals surface area contributed by atoms with E-state index in [1.807, 2.05) is 0 Å². The van der Waals surface area contributed by atoms with Gasteiger partial charge in [0.25, 0.3) is 5.91 Å². The van der Waals surface area contributed by atoms with Gasteiger partial charge in [0.1, 0.15) is 29.1 Å². The van der Waals surface area contributed by atoms with Crippen LogP contribution in [0.15, 0.2) is 81.1 Å². The van der Waals surface area contributed by atoms with Gasteiger partial charge >= 0.3 is 5.97 Å². The average Bonchev–Trinajstić information content (AvgIpc) is 3.51. The quantitative estimate of drug-likeness (QED) is 0.456. The van der Waals surface area contributed by atoms with Crippen molar-refractivity contribution in [2.24, 2.45) is 5.10 Å². The molecule has 0 bridgehead atoms. The van der Waals surface area contributed by atoms with Gasteiger partial charge in [0, 0.05) is 18.1 Å². The average molecular weight is 408 g/mol. The number of rotatable bonds is 6. The van der Waals surface area contributed by atoms with E-state index in [0.29, 0.717) is 23.7 Å². The SMILES string of the molecule is O=C(/C=C/c1ccccc1F)OCC(=O)N1N=C(c2ccco2)CC1c1ccco1. The Morgan fingerprint density at radius 2 is 1.93 bits per heavy atom. The van der Waals surface area contributed by atoms with Crippen LogP contribution in [-0.2, 0) is 14.3 Å². The number of amides is 1. The van der Waals surface area contributed by atoms with Crippen molar-refractivity contribution in [3.63, 3.8) is 0 Å². The predicted molar refractivity (Wildman–Crippen MR) is 105 cm³/mol. The van der Waals surface area contributed by atoms with Gasteiger partial charge in [-0.15, -0.1) is 0 Å². The number of esters is 1. The summed E-state index contributed by atoms with van der Waals surface area (Å²) >= 11 is 0. The van der Waals surface area contributed by atoms with Gasteiger partial charge < -0.3 is 13.6 Å². The van der Waals surface area contributed by atoms with Crippen LogP contribution in [0.1, 0.15) is 29.5 Å². The van der Waals surface area contributed by atoms with E-state index in [2.05, 4.69) is 5.10 Å². The number of furan rings is 2. The number of benzene rings is 1. The number of hydrazone groups is 1. The topological polar surface area (TPSA) is 85.3 Å². The van der Waals surface area contributed by atoms with E-state index in [9.17, 15) is 14.0 Å². The summed E-state index contributed by atoms with van der Waals surface area (Å²) in [4.78, 5) is 24.6. The van der Waals surface area contributed by atoms with Crippen molar-refractivity contribution in [2.75, 3.05) is 6.61 Å². The lowest BCUT2D eigenvalue weighted by Gasteiger charge is -2.19. The van der Waals surface area contributed by atoms with E-state index < -0.39 is 30.3 Å². The van der Waals surface area contributed by atoms with E-state index in [1.165, 1.54) is 35.7 Å². The zero-order valence-corrected chi connectivity index (χ0v) is 15.7. The summed E-state index contributed by atoms with van der Waals surface area (Å²) in [7, 11) is 0. The van der Waals surface area contributed by atoms with Gasteiger partial charge in [0.2, 0.25) is 0 Å². The maximum Gasteiger partial charge on any atom is 0.331 e. The van der Waals surface area contributed by atoms with Crippen LogP contribution in [0.2, 0.25) is 0 Å². The molecule has 0 saturated carbocycles. The minimum atomic E-state index is -0.768. The molecule has 0 aliphatic carbocycles. The lowest BCUT2D eigenvalue weighted by atomic mass is 10.1. The molecule has 0 saturated heterocycles. The predicted octanol–water partition coefficient (Wildman–Crippen LogP) is 3.95. The third kappa shape index (κ3) is 4.22. The molecule has 1 unspecified atom stereocenters. The summed E-state index contributed by atoms with van der Waals surface area (Å²) in [5.74, 6) is -0.650. The second-order valence-corrected chi connectivity index (χ2v) is 6.46. The molecule has 8 heteroatoms. The first-order chi connectivity index (χ1) is 14.6. The van der Waals surface area contributed by atoms with Crippen molar-refractivity contribution in [3.05, 3.63) is 90.0 Å². The lowest BCUT2D eigenvalue weighted by molar-refractivity contribution is -0.149. The molecule has 0 radical (unpaired) electrons. The summed E-state index contributed by atoms with van der Waals surface area (Å²) in [5.41, 5.74) is 0.825. The molecule has 1 atom stereocenters. The zero-order chi connectivity index (χ0) is 20.9. The number of ether oxygens (including phenoxy) is 1. The van der Waals surface area contributed by atoms with Crippen LogP contribution >= 0.6 is 0 Å². The fraction of sp³-hybridized carbons (Fsp3) is 0.136. The van der Waals surface area contributed by atoms with Gasteiger partial charge in [-0.1, -0.05) is 18.2 Å². The highest BCUT2D eigenvalue weighted by atomic mass is 19.1. The summed E-state index contributed by atoms with van der Waals surface area (Å²) in [6.07, 6.45) is 5.78. The van der Waals surface area contributed by atoms with E-state index in [-0.39, 0.29) is 5.56 Å². The molecule has 7 nitrogen and oxygen atoms in total. The Bertz CT molecular complexity index is 1090. The molecule has 0 fully saturated rings. The van der Waals surface area contributed by atoms with Crippen molar-refractivity contribution >= 4 is 23.7 Å². The highest BCUT2D eigenvalue weighted by Gasteiger charge is 2.36. The minimum Gasteiger partial charge on any atom is -0.467 e. The van der Waals surface area contributed by atoms with Crippen LogP contribution in [0, 0.1) is 5.82 Å². The van der Waals surface area contributed by atoms with Gasteiger partial charge in [-0.25, -0.2) is 14.2 Å². The number of hydrogen-bond donors (Lipinski definition) is 0. The Hall–Kier alpha value is -3.94. The number of carbonyl (C=O) groups is 2. The maximum absolute atomic E-state index is 13.6. The number of hydrogen-bond acceptors (Lipinski definition) is 6. The Morgan fingerprint density at radius 1 is 1.13 bits per heavy atom. The molecule has 0 N–H and O–H groups in total. The van der Waals surface area contributed by atoms with Crippen molar-refractivity contribution in [3.8, 4) is 0 Å². The zero-order valence-electron chi connectivity index (χ0n) is 15.7. The minimum absolute atomic E-state index is 0.242. The molecule has 0 spiro atoms. The standard InChI is InChI=1S/C22H17FN2O5/c23-16-6-2-1-5-15(16)9-10-22(27)30-14-21(26)25-18(20-8-4-12-29-20)13-17(24-25)19-7-3-11-28-19/h1-12,18H,13-14H2/b10-9+. The Balaban J connectivity index is 1.43. The number of nitrogens with zero attached hydrogens (tertiary/aromatic N) is 2. The molecule has 1 aliphatic rings. The molecule has 152 valence electrons. The monoisotopic (exact) mass is 408 g/mol. The van der Waals surface area contributed by atoms with E-state index in [0.717, 1.165) is 6.08 Å². The Kier molecular flexibility index (Phi) is 5.56. The third-order valence-electron chi connectivity index (χ3n) is 4.49. The molecule has 4 rings (SSSR count). The molecule has 1 aromatic carbocycles. The lowest BCUT2D eigenvalue weighted by Crippen LogP contribution is -2.31. The molecule has 30 heavy (non-hydrogen) atoms. The van der Waals surface area contributed by atoms with Crippen LogP contribution in [0.25, 0.3) is 6.08 Å². The van der Waals surface area contributed by atoms with Gasteiger partial charge in [0.05, 0.1) is 12.5 Å². The molecule has 1 aliphatic heterocycles. The van der Waals surface area contributed by atoms with Gasteiger partial charge in [-0.3, -0.25) is 4.79 Å². The Morgan fingerprint density at radius 3 is 2.67 bits per heavy atom. The fourth-order valence-electron chi connectivity index (χ4n) is 3.05. The van der Waals surface area contributed by atoms with Crippen LogP contribution < -0.4 is 0 Å². The maximum atomic E-state index is 13.6. The largest absolute Gasteiger partial charge is 0.467 e. The molecule has 3 heterocycles. The second-order valence-electron chi connectivity index (χ2n) is 6.46. The van der Waals surface area contributed by atoms with Crippen molar-refractivity contribution < 1.29 is 27.6 Å². The first-order valence-electron chi connectivity index (χ1n) is 9.18. The molecule has 2 aromatic heterocycles. The highest BCUT2D eigenvalue weighted by molar-refractivity contribution is 6.01. The third-order valence-corrected chi connectivity index (χ3v) is 4.49. The van der Waals surface area contributed by atoms with Crippen LogP contribution in [0.4, 0.5) is 4.39 Å². The van der Waals surface area contributed by atoms with Crippen molar-refractivity contribution in [1.29, 1.82) is 0 Å². The van der Waals surface area contributed by atoms with Crippen LogP contribution in [-0.4, -0.2) is 29.2 Å². The van der Waals surface area contributed by atoms with Gasteiger partial charge in [-0.05, 0) is 36.4 Å². The molecular weight excluding hydrogens is 391 g/mol. The molecule has 3 aromatic rings. The highest BCUT2D eigenvalue weighted by Crippen LogP contribution is 2.33. The first kappa shape index (κ1) is 19.4.